The lowest BCUT2D eigenvalue weighted by Gasteiger charge is -2.32. The molecule has 1 aliphatic heterocycles. The van der Waals surface area contributed by atoms with Crippen LogP contribution in [-0.2, 0) is 16.1 Å². The number of rotatable bonds is 3. The van der Waals surface area contributed by atoms with Crippen LogP contribution in [0.3, 0.4) is 0 Å². The van der Waals surface area contributed by atoms with Gasteiger partial charge in [-0.1, -0.05) is 42.5 Å². The van der Waals surface area contributed by atoms with E-state index >= 15 is 0 Å². The molecular formula is C18H15NO3. The Morgan fingerprint density at radius 1 is 1.00 bits per heavy atom. The average molecular weight is 293 g/mol. The molecule has 2 aromatic carbocycles. The van der Waals surface area contributed by atoms with Crippen molar-refractivity contribution in [2.75, 3.05) is 4.90 Å². The molecule has 0 radical (unpaired) electrons. The molecule has 0 spiro atoms. The number of carbonyl (C=O) groups is 3. The maximum Gasteiger partial charge on any atom is 0.245 e. The molecule has 2 aromatic rings. The summed E-state index contributed by atoms with van der Waals surface area (Å²) in [6, 6.07) is 16.4. The highest BCUT2D eigenvalue weighted by Crippen LogP contribution is 2.32. The van der Waals surface area contributed by atoms with Crippen molar-refractivity contribution in [3.63, 3.8) is 0 Å². The Balaban J connectivity index is 2.07. The van der Waals surface area contributed by atoms with Crippen LogP contribution in [0.2, 0.25) is 0 Å². The fourth-order valence-corrected chi connectivity index (χ4v) is 2.75. The van der Waals surface area contributed by atoms with Gasteiger partial charge in [0.2, 0.25) is 5.91 Å². The van der Waals surface area contributed by atoms with Crippen molar-refractivity contribution in [1.82, 2.24) is 0 Å². The van der Waals surface area contributed by atoms with Crippen molar-refractivity contribution in [3.8, 4) is 0 Å². The summed E-state index contributed by atoms with van der Waals surface area (Å²) in [4.78, 5) is 38.3. The Hall–Kier alpha value is -2.75. The second kappa shape index (κ2) is 5.56. The molecule has 0 N–H and O–H groups in total. The van der Waals surface area contributed by atoms with Gasteiger partial charge in [0.25, 0.3) is 0 Å². The summed E-state index contributed by atoms with van der Waals surface area (Å²) >= 11 is 0. The predicted molar refractivity (Wildman–Crippen MR) is 82.6 cm³/mol. The Kier molecular flexibility index (Phi) is 3.59. The van der Waals surface area contributed by atoms with Crippen molar-refractivity contribution in [1.29, 1.82) is 0 Å². The van der Waals surface area contributed by atoms with Crippen molar-refractivity contribution in [2.45, 2.75) is 13.5 Å². The standard InChI is InChI=1S/C18H15NO3/c1-12(20)16-17(21)14-9-5-6-10-15(14)19(18(16)22)11-13-7-3-2-4-8-13/h2-10,16H,11H2,1H3. The molecule has 110 valence electrons. The van der Waals surface area contributed by atoms with Crippen LogP contribution in [0.25, 0.3) is 0 Å². The second-order valence-electron chi connectivity index (χ2n) is 5.34. The molecule has 0 saturated heterocycles. The van der Waals surface area contributed by atoms with Gasteiger partial charge in [0.05, 0.1) is 12.2 Å². The molecule has 3 rings (SSSR count). The zero-order valence-electron chi connectivity index (χ0n) is 12.2. The van der Waals surface area contributed by atoms with E-state index in [4.69, 9.17) is 0 Å². The van der Waals surface area contributed by atoms with Gasteiger partial charge in [-0.2, -0.15) is 0 Å². The summed E-state index contributed by atoms with van der Waals surface area (Å²) in [7, 11) is 0. The summed E-state index contributed by atoms with van der Waals surface area (Å²) < 4.78 is 0. The lowest BCUT2D eigenvalue weighted by molar-refractivity contribution is -0.129. The first-order chi connectivity index (χ1) is 10.6. The Bertz CT molecular complexity index is 752. The molecule has 1 aliphatic rings. The topological polar surface area (TPSA) is 54.5 Å². The first-order valence-electron chi connectivity index (χ1n) is 7.08. The third-order valence-corrected chi connectivity index (χ3v) is 3.83. The minimum absolute atomic E-state index is 0.341. The van der Waals surface area contributed by atoms with E-state index in [9.17, 15) is 14.4 Å². The number of nitrogens with zero attached hydrogens (tertiary/aromatic N) is 1. The van der Waals surface area contributed by atoms with E-state index in [0.717, 1.165) is 5.56 Å². The number of hydrogen-bond donors (Lipinski definition) is 0. The molecular weight excluding hydrogens is 278 g/mol. The van der Waals surface area contributed by atoms with Crippen LogP contribution in [0.15, 0.2) is 54.6 Å². The van der Waals surface area contributed by atoms with E-state index in [1.807, 2.05) is 30.3 Å². The number of amides is 1. The average Bonchev–Trinajstić information content (AvgIpc) is 2.52. The molecule has 0 bridgehead atoms. The molecule has 1 heterocycles. The third-order valence-electron chi connectivity index (χ3n) is 3.83. The molecule has 4 nitrogen and oxygen atoms in total. The van der Waals surface area contributed by atoms with E-state index < -0.39 is 23.4 Å². The van der Waals surface area contributed by atoms with Crippen LogP contribution in [0, 0.1) is 5.92 Å². The highest BCUT2D eigenvalue weighted by molar-refractivity contribution is 6.31. The molecule has 1 amide bonds. The molecule has 0 fully saturated rings. The highest BCUT2D eigenvalue weighted by Gasteiger charge is 2.41. The summed E-state index contributed by atoms with van der Waals surface area (Å²) in [6.07, 6.45) is 0. The molecule has 0 aliphatic carbocycles. The molecule has 4 heteroatoms. The summed E-state index contributed by atoms with van der Waals surface area (Å²) in [5.74, 6) is -2.49. The smallest absolute Gasteiger partial charge is 0.245 e. The van der Waals surface area contributed by atoms with Gasteiger partial charge in [0.1, 0.15) is 5.78 Å². The number of para-hydroxylation sites is 1. The van der Waals surface area contributed by atoms with Crippen LogP contribution in [0.1, 0.15) is 22.8 Å². The van der Waals surface area contributed by atoms with Crippen molar-refractivity contribution < 1.29 is 14.4 Å². The van der Waals surface area contributed by atoms with Crippen LogP contribution >= 0.6 is 0 Å². The van der Waals surface area contributed by atoms with E-state index in [1.54, 1.807) is 24.3 Å². The van der Waals surface area contributed by atoms with Gasteiger partial charge >= 0.3 is 0 Å². The highest BCUT2D eigenvalue weighted by atomic mass is 16.2. The number of ketones is 2. The summed E-state index contributed by atoms with van der Waals surface area (Å²) in [5, 5.41) is 0. The Morgan fingerprint density at radius 2 is 1.64 bits per heavy atom. The molecule has 1 unspecified atom stereocenters. The minimum Gasteiger partial charge on any atom is -0.306 e. The lowest BCUT2D eigenvalue weighted by Crippen LogP contribution is -2.47. The zero-order chi connectivity index (χ0) is 15.7. The monoisotopic (exact) mass is 293 g/mol. The van der Waals surface area contributed by atoms with E-state index in [-0.39, 0.29) is 0 Å². The number of carbonyl (C=O) groups excluding carboxylic acids is 3. The number of Topliss-reactive ketones (excluding diaryl/α,β-unsaturated/α-hetero) is 2. The number of fused-ring (bicyclic) bond motifs is 1. The van der Waals surface area contributed by atoms with Crippen molar-refractivity contribution in [2.24, 2.45) is 5.92 Å². The Labute approximate surface area is 128 Å². The van der Waals surface area contributed by atoms with Crippen LogP contribution in [0.5, 0.6) is 0 Å². The van der Waals surface area contributed by atoms with Crippen molar-refractivity contribution >= 4 is 23.2 Å². The van der Waals surface area contributed by atoms with Gasteiger partial charge in [-0.25, -0.2) is 0 Å². The zero-order valence-corrected chi connectivity index (χ0v) is 12.2. The predicted octanol–water partition coefficient (Wildman–Crippen LogP) is 2.62. The van der Waals surface area contributed by atoms with Crippen LogP contribution in [0.4, 0.5) is 5.69 Å². The number of anilines is 1. The fourth-order valence-electron chi connectivity index (χ4n) is 2.75. The van der Waals surface area contributed by atoms with Gasteiger partial charge < -0.3 is 4.90 Å². The first kappa shape index (κ1) is 14.2. The van der Waals surface area contributed by atoms with Gasteiger partial charge in [0, 0.05) is 5.56 Å². The van der Waals surface area contributed by atoms with Gasteiger partial charge in [-0.3, -0.25) is 14.4 Å². The van der Waals surface area contributed by atoms with Crippen LogP contribution in [-0.4, -0.2) is 17.5 Å². The maximum absolute atomic E-state index is 12.6. The van der Waals surface area contributed by atoms with Gasteiger partial charge in [0.15, 0.2) is 11.7 Å². The van der Waals surface area contributed by atoms with Crippen LogP contribution < -0.4 is 4.90 Å². The largest absolute Gasteiger partial charge is 0.306 e. The fraction of sp³-hybridized carbons (Fsp3) is 0.167. The third kappa shape index (κ3) is 2.33. The summed E-state index contributed by atoms with van der Waals surface area (Å²) in [5.41, 5.74) is 1.94. The van der Waals surface area contributed by atoms with E-state index in [1.165, 1.54) is 11.8 Å². The maximum atomic E-state index is 12.6. The number of hydrogen-bond acceptors (Lipinski definition) is 3. The first-order valence-corrected chi connectivity index (χ1v) is 7.08. The quantitative estimate of drug-likeness (QED) is 0.817. The molecule has 0 aromatic heterocycles. The van der Waals surface area contributed by atoms with E-state index in [2.05, 4.69) is 0 Å². The molecule has 22 heavy (non-hydrogen) atoms. The second-order valence-corrected chi connectivity index (χ2v) is 5.34. The Morgan fingerprint density at radius 3 is 2.32 bits per heavy atom. The van der Waals surface area contributed by atoms with Gasteiger partial charge in [-0.05, 0) is 24.6 Å². The molecule has 0 saturated carbocycles. The normalized spacial score (nSPS) is 17.3. The minimum atomic E-state index is -1.22. The lowest BCUT2D eigenvalue weighted by atomic mass is 9.87. The van der Waals surface area contributed by atoms with Crippen molar-refractivity contribution in [3.05, 3.63) is 65.7 Å². The number of benzene rings is 2. The molecule has 1 atom stereocenters. The van der Waals surface area contributed by atoms with Gasteiger partial charge in [-0.15, -0.1) is 0 Å². The summed E-state index contributed by atoms with van der Waals surface area (Å²) in [6.45, 7) is 1.63. The van der Waals surface area contributed by atoms with E-state index in [0.29, 0.717) is 17.8 Å². The SMILES string of the molecule is CC(=O)C1C(=O)c2ccccc2N(Cc2ccccc2)C1=O.